The van der Waals surface area contributed by atoms with Gasteiger partial charge in [0, 0.05) is 22.5 Å². The average molecular weight is 360 g/mol. The van der Waals surface area contributed by atoms with E-state index in [1.807, 2.05) is 26.0 Å². The van der Waals surface area contributed by atoms with E-state index in [9.17, 15) is 0 Å². The molecule has 134 valence electrons. The number of hydrogen-bond acceptors (Lipinski definition) is 2. The molecule has 2 heteroatoms. The molecule has 5 aromatic rings. The maximum Gasteiger partial charge on any atom is 0.0717 e. The first-order chi connectivity index (χ1) is 13.7. The maximum absolute atomic E-state index is 4.84. The third-order valence-corrected chi connectivity index (χ3v) is 5.22. The van der Waals surface area contributed by atoms with Crippen molar-refractivity contribution in [2.24, 2.45) is 0 Å². The molecule has 0 bridgehead atoms. The van der Waals surface area contributed by atoms with Crippen LogP contribution in [0.3, 0.4) is 0 Å². The molecule has 2 nitrogen and oxygen atoms in total. The van der Waals surface area contributed by atoms with Gasteiger partial charge < -0.3 is 0 Å². The molecule has 0 unspecified atom stereocenters. The van der Waals surface area contributed by atoms with Gasteiger partial charge in [-0.1, -0.05) is 60.7 Å². The predicted molar refractivity (Wildman–Crippen MR) is 117 cm³/mol. The molecule has 0 radical (unpaired) electrons. The Morgan fingerprint density at radius 3 is 1.11 bits per heavy atom. The first-order valence-electron chi connectivity index (χ1n) is 9.54. The molecular formula is C26H20N2. The highest BCUT2D eigenvalue weighted by Crippen LogP contribution is 2.42. The van der Waals surface area contributed by atoms with Gasteiger partial charge in [-0.3, -0.25) is 9.97 Å². The number of hydrogen-bond donors (Lipinski definition) is 0. The van der Waals surface area contributed by atoms with Crippen molar-refractivity contribution in [1.29, 1.82) is 0 Å². The lowest BCUT2D eigenvalue weighted by Crippen LogP contribution is -1.94. The summed E-state index contributed by atoms with van der Waals surface area (Å²) in [5.41, 5.74) is 6.44. The Hall–Kier alpha value is -3.52. The number of benzene rings is 3. The Bertz CT molecular complexity index is 1170. The van der Waals surface area contributed by atoms with Crippen LogP contribution >= 0.6 is 0 Å². The third-order valence-electron chi connectivity index (χ3n) is 5.22. The number of pyridine rings is 2. The molecule has 5 rings (SSSR count). The minimum atomic E-state index is 1.01. The minimum Gasteiger partial charge on any atom is -0.253 e. The van der Waals surface area contributed by atoms with Gasteiger partial charge in [0.05, 0.1) is 11.4 Å². The van der Waals surface area contributed by atoms with Crippen molar-refractivity contribution < 1.29 is 0 Å². The topological polar surface area (TPSA) is 25.8 Å². The van der Waals surface area contributed by atoms with Crippen LogP contribution in [-0.2, 0) is 0 Å². The van der Waals surface area contributed by atoms with Gasteiger partial charge in [-0.15, -0.1) is 0 Å². The Balaban J connectivity index is 2.00. The van der Waals surface area contributed by atoms with Crippen molar-refractivity contribution in [2.45, 2.75) is 13.8 Å². The molecule has 0 aliphatic heterocycles. The van der Waals surface area contributed by atoms with Gasteiger partial charge in [-0.05, 0) is 59.7 Å². The lowest BCUT2D eigenvalue weighted by atomic mass is 9.88. The maximum atomic E-state index is 4.84. The summed E-state index contributed by atoms with van der Waals surface area (Å²) in [6.07, 6.45) is 0. The number of nitrogens with zero attached hydrogens (tertiary/aromatic N) is 2. The number of rotatable bonds is 2. The number of aryl methyl sites for hydroxylation is 2. The van der Waals surface area contributed by atoms with Crippen LogP contribution in [0.4, 0.5) is 0 Å². The summed E-state index contributed by atoms with van der Waals surface area (Å²) in [5.74, 6) is 0. The van der Waals surface area contributed by atoms with E-state index >= 15 is 0 Å². The van der Waals surface area contributed by atoms with E-state index in [0.29, 0.717) is 0 Å². The van der Waals surface area contributed by atoms with Crippen LogP contribution in [0.1, 0.15) is 11.4 Å². The molecule has 0 amide bonds. The van der Waals surface area contributed by atoms with Crippen molar-refractivity contribution in [3.8, 4) is 22.5 Å². The van der Waals surface area contributed by atoms with Gasteiger partial charge in [0.25, 0.3) is 0 Å². The predicted octanol–water partition coefficient (Wildman–Crippen LogP) is 6.73. The van der Waals surface area contributed by atoms with Crippen LogP contribution < -0.4 is 0 Å². The van der Waals surface area contributed by atoms with E-state index in [4.69, 9.17) is 9.97 Å². The first-order valence-corrected chi connectivity index (χ1v) is 9.54. The highest BCUT2D eigenvalue weighted by atomic mass is 14.7. The number of fused-ring (bicyclic) bond motifs is 2. The molecule has 2 aromatic heterocycles. The highest BCUT2D eigenvalue weighted by Gasteiger charge is 2.17. The first kappa shape index (κ1) is 16.6. The van der Waals surface area contributed by atoms with Crippen molar-refractivity contribution in [1.82, 2.24) is 9.97 Å². The largest absolute Gasteiger partial charge is 0.253 e. The van der Waals surface area contributed by atoms with Gasteiger partial charge in [-0.2, -0.15) is 0 Å². The second-order valence-electron chi connectivity index (χ2n) is 7.17. The van der Waals surface area contributed by atoms with E-state index < -0.39 is 0 Å². The lowest BCUT2D eigenvalue weighted by Gasteiger charge is -2.17. The molecule has 0 saturated heterocycles. The SMILES string of the molecule is Cc1cccc(-c2c3ccccc3c(-c3cccc(C)n3)c3ccccc23)n1. The zero-order chi connectivity index (χ0) is 19.1. The molecule has 28 heavy (non-hydrogen) atoms. The Morgan fingerprint density at radius 2 is 0.786 bits per heavy atom. The second kappa shape index (κ2) is 6.58. The van der Waals surface area contributed by atoms with Gasteiger partial charge >= 0.3 is 0 Å². The van der Waals surface area contributed by atoms with Crippen LogP contribution in [-0.4, -0.2) is 9.97 Å². The standard InChI is InChI=1S/C26H20N2/c1-17-9-7-15-23(27-17)25-19-11-3-5-13-21(19)26(22-14-6-4-12-20(22)25)24-16-8-10-18(2)28-24/h3-16H,1-2H3. The summed E-state index contributed by atoms with van der Waals surface area (Å²) < 4.78 is 0. The molecule has 0 saturated carbocycles. The molecule has 0 aliphatic carbocycles. The van der Waals surface area contributed by atoms with Crippen LogP contribution in [0.5, 0.6) is 0 Å². The summed E-state index contributed by atoms with van der Waals surface area (Å²) in [5, 5.41) is 4.82. The van der Waals surface area contributed by atoms with Crippen LogP contribution in [0, 0.1) is 13.8 Å². The van der Waals surface area contributed by atoms with Gasteiger partial charge in [0.15, 0.2) is 0 Å². The zero-order valence-electron chi connectivity index (χ0n) is 16.0. The van der Waals surface area contributed by atoms with Gasteiger partial charge in [0.1, 0.15) is 0 Å². The monoisotopic (exact) mass is 360 g/mol. The Morgan fingerprint density at radius 1 is 0.429 bits per heavy atom. The molecule has 3 aromatic carbocycles. The van der Waals surface area contributed by atoms with Gasteiger partial charge in [-0.25, -0.2) is 0 Å². The summed E-state index contributed by atoms with van der Waals surface area (Å²) in [6.45, 7) is 4.08. The smallest absolute Gasteiger partial charge is 0.0717 e. The van der Waals surface area contributed by atoms with Crippen LogP contribution in [0.15, 0.2) is 84.9 Å². The van der Waals surface area contributed by atoms with Crippen molar-refractivity contribution in [2.75, 3.05) is 0 Å². The molecule has 2 heterocycles. The van der Waals surface area contributed by atoms with Crippen LogP contribution in [0.25, 0.3) is 44.1 Å². The van der Waals surface area contributed by atoms with E-state index in [2.05, 4.69) is 72.8 Å². The Kier molecular flexibility index (Phi) is 3.91. The summed E-state index contributed by atoms with van der Waals surface area (Å²) in [6, 6.07) is 29.6. The molecular weight excluding hydrogens is 340 g/mol. The lowest BCUT2D eigenvalue weighted by molar-refractivity contribution is 1.21. The fourth-order valence-electron chi connectivity index (χ4n) is 4.04. The number of aromatic nitrogens is 2. The summed E-state index contributed by atoms with van der Waals surface area (Å²) >= 11 is 0. The molecule has 0 atom stereocenters. The van der Waals surface area contributed by atoms with Crippen molar-refractivity contribution >= 4 is 21.5 Å². The van der Waals surface area contributed by atoms with Crippen molar-refractivity contribution in [3.63, 3.8) is 0 Å². The molecule has 0 N–H and O–H groups in total. The third kappa shape index (κ3) is 2.66. The Labute approximate surface area is 164 Å². The normalized spacial score (nSPS) is 11.2. The fraction of sp³-hybridized carbons (Fsp3) is 0.0769. The second-order valence-corrected chi connectivity index (χ2v) is 7.17. The zero-order valence-corrected chi connectivity index (χ0v) is 16.0. The minimum absolute atomic E-state index is 1.01. The van der Waals surface area contributed by atoms with Crippen LogP contribution in [0.2, 0.25) is 0 Å². The highest BCUT2D eigenvalue weighted by molar-refractivity contribution is 6.20. The molecule has 0 aliphatic rings. The van der Waals surface area contributed by atoms with E-state index in [0.717, 1.165) is 22.8 Å². The molecule has 0 spiro atoms. The fourth-order valence-corrected chi connectivity index (χ4v) is 4.04. The average Bonchev–Trinajstić information content (AvgIpc) is 2.72. The quantitative estimate of drug-likeness (QED) is 0.326. The van der Waals surface area contributed by atoms with E-state index in [1.165, 1.54) is 32.7 Å². The van der Waals surface area contributed by atoms with Crippen molar-refractivity contribution in [3.05, 3.63) is 96.3 Å². The van der Waals surface area contributed by atoms with Gasteiger partial charge in [0.2, 0.25) is 0 Å². The van der Waals surface area contributed by atoms with E-state index in [1.54, 1.807) is 0 Å². The summed E-state index contributed by atoms with van der Waals surface area (Å²) in [4.78, 5) is 9.69. The summed E-state index contributed by atoms with van der Waals surface area (Å²) in [7, 11) is 0. The molecule has 0 fully saturated rings. The van der Waals surface area contributed by atoms with E-state index in [-0.39, 0.29) is 0 Å².